The molecule has 100 valence electrons. The van der Waals surface area contributed by atoms with Crippen molar-refractivity contribution in [3.63, 3.8) is 0 Å². The minimum Gasteiger partial charge on any atom is -0.271 e. The first-order chi connectivity index (χ1) is 8.19. The van der Waals surface area contributed by atoms with Gasteiger partial charge in [-0.1, -0.05) is 26.2 Å². The highest BCUT2D eigenvalue weighted by Gasteiger charge is 2.42. The predicted molar refractivity (Wildman–Crippen MR) is 76.9 cm³/mol. The molecule has 2 rings (SSSR count). The van der Waals surface area contributed by atoms with Crippen LogP contribution in [0.25, 0.3) is 0 Å². The summed E-state index contributed by atoms with van der Waals surface area (Å²) >= 11 is 2.14. The molecular formula is C14H28N2S. The van der Waals surface area contributed by atoms with Crippen molar-refractivity contribution in [3.05, 3.63) is 0 Å². The Balaban J connectivity index is 1.95. The first kappa shape index (κ1) is 13.7. The summed E-state index contributed by atoms with van der Waals surface area (Å²) in [5.41, 5.74) is 3.17. The van der Waals surface area contributed by atoms with E-state index in [4.69, 9.17) is 5.84 Å². The highest BCUT2D eigenvalue weighted by atomic mass is 32.2. The Hall–Kier alpha value is 0.270. The molecule has 0 spiro atoms. The molecule has 2 aliphatic rings. The molecule has 0 aromatic carbocycles. The average Bonchev–Trinajstić information content (AvgIpc) is 2.78. The van der Waals surface area contributed by atoms with Crippen LogP contribution in [0.2, 0.25) is 0 Å². The minimum atomic E-state index is 0.387. The number of nitrogens with one attached hydrogen (secondary N) is 1. The Bertz CT molecular complexity index is 230. The van der Waals surface area contributed by atoms with E-state index >= 15 is 0 Å². The fourth-order valence-corrected chi connectivity index (χ4v) is 5.27. The van der Waals surface area contributed by atoms with Crippen LogP contribution >= 0.6 is 11.8 Å². The van der Waals surface area contributed by atoms with Gasteiger partial charge in [0.05, 0.1) is 0 Å². The van der Waals surface area contributed by atoms with Crippen LogP contribution in [0.4, 0.5) is 0 Å². The molecule has 2 unspecified atom stereocenters. The molecule has 1 aliphatic heterocycles. The number of rotatable bonds is 4. The van der Waals surface area contributed by atoms with Crippen molar-refractivity contribution in [2.45, 2.75) is 69.6 Å². The molecule has 0 amide bonds. The van der Waals surface area contributed by atoms with Crippen LogP contribution in [-0.2, 0) is 0 Å². The van der Waals surface area contributed by atoms with Gasteiger partial charge in [-0.3, -0.25) is 11.3 Å². The standard InChI is InChI=1S/C14H28N2S/c1-3-11-5-7-12(8-6-11)13(16-15)14(2)9-4-10-17-14/h11-13,16H,3-10,15H2,1-2H3. The summed E-state index contributed by atoms with van der Waals surface area (Å²) in [5, 5.41) is 0. The van der Waals surface area contributed by atoms with E-state index in [0.29, 0.717) is 10.8 Å². The van der Waals surface area contributed by atoms with Gasteiger partial charge in [-0.25, -0.2) is 0 Å². The Morgan fingerprint density at radius 3 is 2.53 bits per heavy atom. The number of hydrogen-bond donors (Lipinski definition) is 2. The maximum absolute atomic E-state index is 5.87. The van der Waals surface area contributed by atoms with Gasteiger partial charge in [0.25, 0.3) is 0 Å². The van der Waals surface area contributed by atoms with E-state index in [2.05, 4.69) is 31.0 Å². The molecule has 3 heteroatoms. The molecule has 2 fully saturated rings. The zero-order valence-corrected chi connectivity index (χ0v) is 12.2. The van der Waals surface area contributed by atoms with E-state index in [1.807, 2.05) is 0 Å². The van der Waals surface area contributed by atoms with E-state index in [0.717, 1.165) is 11.8 Å². The summed E-state index contributed by atoms with van der Waals surface area (Å²) in [6.45, 7) is 4.75. The molecule has 1 saturated heterocycles. The van der Waals surface area contributed by atoms with Crippen LogP contribution in [-0.4, -0.2) is 16.5 Å². The van der Waals surface area contributed by atoms with Crippen LogP contribution in [0.15, 0.2) is 0 Å². The molecule has 1 aliphatic carbocycles. The van der Waals surface area contributed by atoms with Crippen molar-refractivity contribution < 1.29 is 0 Å². The van der Waals surface area contributed by atoms with E-state index in [9.17, 15) is 0 Å². The minimum absolute atomic E-state index is 0.387. The van der Waals surface area contributed by atoms with Gasteiger partial charge in [-0.2, -0.15) is 11.8 Å². The molecule has 3 N–H and O–H groups in total. The molecule has 2 nitrogen and oxygen atoms in total. The summed E-state index contributed by atoms with van der Waals surface area (Å²) in [5.74, 6) is 8.98. The maximum Gasteiger partial charge on any atom is 0.0383 e. The van der Waals surface area contributed by atoms with Crippen LogP contribution < -0.4 is 11.3 Å². The summed E-state index contributed by atoms with van der Waals surface area (Å²) < 4.78 is 0.387. The number of hydrazine groups is 1. The SMILES string of the molecule is CCC1CCC(C(NN)C2(C)CCCS2)CC1. The number of thioether (sulfide) groups is 1. The predicted octanol–water partition coefficient (Wildman–Crippen LogP) is 3.32. The highest BCUT2D eigenvalue weighted by molar-refractivity contribution is 8.00. The van der Waals surface area contributed by atoms with Crippen molar-refractivity contribution in [2.24, 2.45) is 17.7 Å². The molecular weight excluding hydrogens is 228 g/mol. The van der Waals surface area contributed by atoms with Crippen molar-refractivity contribution in [3.8, 4) is 0 Å². The molecule has 0 aromatic heterocycles. The number of nitrogens with two attached hydrogens (primary N) is 1. The molecule has 1 heterocycles. The lowest BCUT2D eigenvalue weighted by molar-refractivity contribution is 0.192. The molecule has 0 bridgehead atoms. The Morgan fingerprint density at radius 2 is 2.06 bits per heavy atom. The maximum atomic E-state index is 5.87. The lowest BCUT2D eigenvalue weighted by atomic mass is 9.74. The fraction of sp³-hybridized carbons (Fsp3) is 1.00. The Labute approximate surface area is 110 Å². The lowest BCUT2D eigenvalue weighted by Crippen LogP contribution is -2.53. The lowest BCUT2D eigenvalue weighted by Gasteiger charge is -2.41. The quantitative estimate of drug-likeness (QED) is 0.598. The topological polar surface area (TPSA) is 38.0 Å². The average molecular weight is 256 g/mol. The van der Waals surface area contributed by atoms with Gasteiger partial charge in [0, 0.05) is 10.8 Å². The molecule has 0 aromatic rings. The molecule has 2 atom stereocenters. The summed E-state index contributed by atoms with van der Waals surface area (Å²) in [4.78, 5) is 0. The number of hydrogen-bond acceptors (Lipinski definition) is 3. The third-order valence-electron chi connectivity index (χ3n) is 5.03. The monoisotopic (exact) mass is 256 g/mol. The molecule has 1 saturated carbocycles. The van der Waals surface area contributed by atoms with Gasteiger partial charge in [-0.05, 0) is 50.2 Å². The zero-order valence-electron chi connectivity index (χ0n) is 11.4. The zero-order chi connectivity index (χ0) is 12.3. The first-order valence-electron chi connectivity index (χ1n) is 7.29. The third-order valence-corrected chi connectivity index (χ3v) is 6.64. The van der Waals surface area contributed by atoms with Crippen molar-refractivity contribution in [1.82, 2.24) is 5.43 Å². The van der Waals surface area contributed by atoms with E-state index in [1.165, 1.54) is 50.7 Å². The second kappa shape index (κ2) is 5.94. The second-order valence-electron chi connectivity index (χ2n) is 6.10. The summed E-state index contributed by atoms with van der Waals surface area (Å²) in [6.07, 6.45) is 9.65. The van der Waals surface area contributed by atoms with Crippen molar-refractivity contribution >= 4 is 11.8 Å². The fourth-order valence-electron chi connectivity index (χ4n) is 3.79. The largest absolute Gasteiger partial charge is 0.271 e. The summed E-state index contributed by atoms with van der Waals surface area (Å²) in [7, 11) is 0. The van der Waals surface area contributed by atoms with Gasteiger partial charge >= 0.3 is 0 Å². The van der Waals surface area contributed by atoms with Crippen LogP contribution in [0, 0.1) is 11.8 Å². The second-order valence-corrected chi connectivity index (χ2v) is 7.73. The Kier molecular flexibility index (Phi) is 4.79. The van der Waals surface area contributed by atoms with Gasteiger partial charge in [0.2, 0.25) is 0 Å². The molecule has 0 radical (unpaired) electrons. The smallest absolute Gasteiger partial charge is 0.0383 e. The van der Waals surface area contributed by atoms with Gasteiger partial charge in [0.15, 0.2) is 0 Å². The molecule has 17 heavy (non-hydrogen) atoms. The van der Waals surface area contributed by atoms with Gasteiger partial charge in [0.1, 0.15) is 0 Å². The van der Waals surface area contributed by atoms with Crippen molar-refractivity contribution in [1.29, 1.82) is 0 Å². The Morgan fingerprint density at radius 1 is 1.35 bits per heavy atom. The van der Waals surface area contributed by atoms with Gasteiger partial charge < -0.3 is 0 Å². The van der Waals surface area contributed by atoms with E-state index < -0.39 is 0 Å². The van der Waals surface area contributed by atoms with E-state index in [-0.39, 0.29) is 0 Å². The third kappa shape index (κ3) is 2.99. The normalized spacial score (nSPS) is 40.4. The van der Waals surface area contributed by atoms with Crippen LogP contribution in [0.1, 0.15) is 58.8 Å². The summed E-state index contributed by atoms with van der Waals surface area (Å²) in [6, 6.07) is 0.521. The first-order valence-corrected chi connectivity index (χ1v) is 8.28. The van der Waals surface area contributed by atoms with Gasteiger partial charge in [-0.15, -0.1) is 0 Å². The van der Waals surface area contributed by atoms with Crippen LogP contribution in [0.5, 0.6) is 0 Å². The van der Waals surface area contributed by atoms with E-state index in [1.54, 1.807) is 0 Å². The van der Waals surface area contributed by atoms with Crippen molar-refractivity contribution in [2.75, 3.05) is 5.75 Å². The van der Waals surface area contributed by atoms with Crippen LogP contribution in [0.3, 0.4) is 0 Å². The highest BCUT2D eigenvalue weighted by Crippen LogP contribution is 2.45.